The van der Waals surface area contributed by atoms with Crippen molar-refractivity contribution < 1.29 is 24.2 Å². The maximum Gasteiger partial charge on any atom is 0.407 e. The number of alkyl carbamates (subject to hydrolysis) is 1. The Bertz CT molecular complexity index is 1100. The van der Waals surface area contributed by atoms with E-state index in [1.807, 2.05) is 31.2 Å². The molecule has 184 valence electrons. The first-order chi connectivity index (χ1) is 16.9. The van der Waals surface area contributed by atoms with Crippen LogP contribution in [0.5, 0.6) is 0 Å². The minimum Gasteiger partial charge on any atom is -0.481 e. The highest BCUT2D eigenvalue weighted by molar-refractivity contribution is 5.87. The summed E-state index contributed by atoms with van der Waals surface area (Å²) in [6.45, 7) is 2.61. The van der Waals surface area contributed by atoms with Crippen molar-refractivity contribution >= 4 is 18.0 Å². The maximum atomic E-state index is 13.3. The summed E-state index contributed by atoms with van der Waals surface area (Å²) in [4.78, 5) is 39.6. The summed E-state index contributed by atoms with van der Waals surface area (Å²) in [7, 11) is 0. The molecule has 35 heavy (non-hydrogen) atoms. The summed E-state index contributed by atoms with van der Waals surface area (Å²) in [5.41, 5.74) is 3.68. The van der Waals surface area contributed by atoms with E-state index in [9.17, 15) is 19.5 Å². The van der Waals surface area contributed by atoms with Gasteiger partial charge in [0, 0.05) is 19.0 Å². The van der Waals surface area contributed by atoms with Gasteiger partial charge in [-0.1, -0.05) is 68.3 Å². The van der Waals surface area contributed by atoms with Gasteiger partial charge in [0.05, 0.1) is 5.41 Å². The number of ether oxygens (including phenoxy) is 1. The molecular formula is C28H32N2O5. The maximum absolute atomic E-state index is 13.3. The molecule has 1 saturated carbocycles. The molecule has 2 amide bonds. The van der Waals surface area contributed by atoms with Crippen LogP contribution in [0.1, 0.15) is 56.1 Å². The largest absolute Gasteiger partial charge is 0.481 e. The fraction of sp³-hybridized carbons (Fsp3) is 0.464. The zero-order valence-corrected chi connectivity index (χ0v) is 20.0. The summed E-state index contributed by atoms with van der Waals surface area (Å²) in [5, 5.41) is 12.5. The number of carbonyl (C=O) groups excluding carboxylic acids is 2. The van der Waals surface area contributed by atoms with Crippen LogP contribution in [0.15, 0.2) is 48.5 Å². The molecule has 0 spiro atoms. The Morgan fingerprint density at radius 1 is 1.09 bits per heavy atom. The molecule has 2 aromatic carbocycles. The smallest absolute Gasteiger partial charge is 0.407 e. The topological polar surface area (TPSA) is 95.9 Å². The van der Waals surface area contributed by atoms with Gasteiger partial charge in [0.25, 0.3) is 0 Å². The molecule has 1 aliphatic heterocycles. The van der Waals surface area contributed by atoms with E-state index in [2.05, 4.69) is 29.6 Å². The predicted molar refractivity (Wildman–Crippen MR) is 131 cm³/mol. The molecule has 1 unspecified atom stereocenters. The van der Waals surface area contributed by atoms with Gasteiger partial charge in [-0.25, -0.2) is 4.79 Å². The average molecular weight is 477 g/mol. The summed E-state index contributed by atoms with van der Waals surface area (Å²) < 4.78 is 5.67. The lowest BCUT2D eigenvalue weighted by Crippen LogP contribution is -2.49. The molecule has 0 aromatic heterocycles. The molecule has 0 radical (unpaired) electrons. The summed E-state index contributed by atoms with van der Waals surface area (Å²) >= 11 is 0. The van der Waals surface area contributed by atoms with E-state index in [1.54, 1.807) is 4.90 Å². The lowest BCUT2D eigenvalue weighted by molar-refractivity contribution is -0.148. The number of nitrogens with zero attached hydrogens (tertiary/aromatic N) is 1. The van der Waals surface area contributed by atoms with E-state index in [0.717, 1.165) is 35.1 Å². The van der Waals surface area contributed by atoms with Crippen LogP contribution in [0.25, 0.3) is 11.1 Å². The third-order valence-electron chi connectivity index (χ3n) is 8.00. The molecule has 2 fully saturated rings. The molecule has 0 bridgehead atoms. The Kier molecular flexibility index (Phi) is 6.26. The number of carboxylic acid groups (broad SMARTS) is 1. The fourth-order valence-electron chi connectivity index (χ4n) is 5.59. The van der Waals surface area contributed by atoms with Crippen molar-refractivity contribution in [3.05, 3.63) is 59.7 Å². The average Bonchev–Trinajstić information content (AvgIpc) is 3.47. The minimum absolute atomic E-state index is 0.0509. The van der Waals surface area contributed by atoms with E-state index in [1.165, 1.54) is 0 Å². The molecule has 2 aromatic rings. The molecule has 7 heteroatoms. The number of amides is 2. The SMILES string of the molecule is CCC1(C(=O)O)CCN(C(=O)[C@H](CC2CC2)NC(=O)OCC2c3ccccc3-c3ccccc32)C1. The number of carbonyl (C=O) groups is 3. The lowest BCUT2D eigenvalue weighted by Gasteiger charge is -2.27. The Hall–Kier alpha value is -3.35. The molecule has 2 atom stereocenters. The van der Waals surface area contributed by atoms with Gasteiger partial charge in [0.2, 0.25) is 5.91 Å². The second-order valence-corrected chi connectivity index (χ2v) is 10.2. The summed E-state index contributed by atoms with van der Waals surface area (Å²) in [5.74, 6) is -0.707. The fourth-order valence-corrected chi connectivity index (χ4v) is 5.59. The number of rotatable bonds is 8. The van der Waals surface area contributed by atoms with Gasteiger partial charge in [0.15, 0.2) is 0 Å². The number of nitrogens with one attached hydrogen (secondary N) is 1. The second-order valence-electron chi connectivity index (χ2n) is 10.2. The highest BCUT2D eigenvalue weighted by atomic mass is 16.5. The third-order valence-corrected chi connectivity index (χ3v) is 8.00. The van der Waals surface area contributed by atoms with Crippen molar-refractivity contribution in [2.75, 3.05) is 19.7 Å². The van der Waals surface area contributed by atoms with Crippen molar-refractivity contribution in [2.24, 2.45) is 11.3 Å². The van der Waals surface area contributed by atoms with E-state index in [-0.39, 0.29) is 25.0 Å². The van der Waals surface area contributed by atoms with Crippen LogP contribution < -0.4 is 5.32 Å². The quantitative estimate of drug-likeness (QED) is 0.589. The first kappa shape index (κ1) is 23.4. The number of benzene rings is 2. The van der Waals surface area contributed by atoms with Crippen LogP contribution in [-0.4, -0.2) is 53.7 Å². The molecule has 3 aliphatic rings. The lowest BCUT2D eigenvalue weighted by atomic mass is 9.84. The number of hydrogen-bond donors (Lipinski definition) is 2. The number of aliphatic carboxylic acids is 1. The van der Waals surface area contributed by atoms with Crippen LogP contribution in [0.4, 0.5) is 4.79 Å². The number of fused-ring (bicyclic) bond motifs is 3. The van der Waals surface area contributed by atoms with Gasteiger partial charge < -0.3 is 20.1 Å². The normalized spacial score (nSPS) is 21.8. The van der Waals surface area contributed by atoms with Crippen molar-refractivity contribution in [2.45, 2.75) is 51.0 Å². The molecule has 1 saturated heterocycles. The minimum atomic E-state index is -0.899. The van der Waals surface area contributed by atoms with Gasteiger partial charge in [-0.2, -0.15) is 0 Å². The zero-order chi connectivity index (χ0) is 24.6. The first-order valence-corrected chi connectivity index (χ1v) is 12.6. The zero-order valence-electron chi connectivity index (χ0n) is 20.0. The van der Waals surface area contributed by atoms with Gasteiger partial charge >= 0.3 is 12.1 Å². The highest BCUT2D eigenvalue weighted by Gasteiger charge is 2.46. The van der Waals surface area contributed by atoms with E-state index in [4.69, 9.17) is 4.74 Å². The second kappa shape index (κ2) is 9.36. The van der Waals surface area contributed by atoms with Gasteiger partial charge in [-0.3, -0.25) is 9.59 Å². The molecule has 2 aliphatic carbocycles. The van der Waals surface area contributed by atoms with Gasteiger partial charge in [-0.05, 0) is 47.4 Å². The van der Waals surface area contributed by atoms with Crippen LogP contribution in [0.3, 0.4) is 0 Å². The highest BCUT2D eigenvalue weighted by Crippen LogP contribution is 2.44. The Labute approximate surface area is 205 Å². The Balaban J connectivity index is 1.25. The van der Waals surface area contributed by atoms with Crippen molar-refractivity contribution in [3.63, 3.8) is 0 Å². The van der Waals surface area contributed by atoms with E-state index >= 15 is 0 Å². The first-order valence-electron chi connectivity index (χ1n) is 12.6. The summed E-state index contributed by atoms with van der Waals surface area (Å²) in [6.07, 6.45) is 2.95. The number of carboxylic acids is 1. The van der Waals surface area contributed by atoms with E-state index < -0.39 is 23.5 Å². The van der Waals surface area contributed by atoms with Gasteiger partial charge in [-0.15, -0.1) is 0 Å². The van der Waals surface area contributed by atoms with Crippen LogP contribution in [-0.2, 0) is 14.3 Å². The number of likely N-dealkylation sites (tertiary alicyclic amines) is 1. The third kappa shape index (κ3) is 4.51. The molecule has 2 N–H and O–H groups in total. The number of hydrogen-bond acceptors (Lipinski definition) is 4. The Morgan fingerprint density at radius 3 is 2.26 bits per heavy atom. The molecule has 5 rings (SSSR count). The van der Waals surface area contributed by atoms with Crippen molar-refractivity contribution in [1.82, 2.24) is 10.2 Å². The van der Waals surface area contributed by atoms with Crippen LogP contribution >= 0.6 is 0 Å². The monoisotopic (exact) mass is 476 g/mol. The van der Waals surface area contributed by atoms with Crippen LogP contribution in [0.2, 0.25) is 0 Å². The molecular weight excluding hydrogens is 444 g/mol. The van der Waals surface area contributed by atoms with Crippen molar-refractivity contribution in [1.29, 1.82) is 0 Å². The summed E-state index contributed by atoms with van der Waals surface area (Å²) in [6, 6.07) is 15.6. The molecule has 1 heterocycles. The van der Waals surface area contributed by atoms with Crippen molar-refractivity contribution in [3.8, 4) is 11.1 Å². The van der Waals surface area contributed by atoms with E-state index in [0.29, 0.717) is 31.7 Å². The van der Waals surface area contributed by atoms with Crippen LogP contribution in [0, 0.1) is 11.3 Å². The predicted octanol–water partition coefficient (Wildman–Crippen LogP) is 4.41. The van der Waals surface area contributed by atoms with Gasteiger partial charge in [0.1, 0.15) is 12.6 Å². The Morgan fingerprint density at radius 2 is 1.71 bits per heavy atom. The molecule has 7 nitrogen and oxygen atoms in total. The standard InChI is InChI=1S/C28H32N2O5/c1-2-28(26(32)33)13-14-30(17-28)25(31)24(15-18-11-12-18)29-27(34)35-16-23-21-9-5-3-7-19(21)20-8-4-6-10-22(20)23/h3-10,18,23-24H,2,11-17H2,1H3,(H,29,34)(H,32,33)/t24-,28?/m0/s1.